The summed E-state index contributed by atoms with van der Waals surface area (Å²) in [6.45, 7) is 1.90. The summed E-state index contributed by atoms with van der Waals surface area (Å²) in [5.41, 5.74) is 0. The Bertz CT molecular complexity index is 88.3. The van der Waals surface area contributed by atoms with Gasteiger partial charge in [-0.15, -0.1) is 0 Å². The first-order valence-corrected chi connectivity index (χ1v) is 2.67. The third-order valence-corrected chi connectivity index (χ3v) is 0.667. The standard InChI is InChI=1S/C5H6Cl2/c1-2-3-4-5(6)7/h2-4H,1H3. The van der Waals surface area contributed by atoms with E-state index in [9.17, 15) is 0 Å². The fourth-order valence-corrected chi connectivity index (χ4v) is 0.314. The summed E-state index contributed by atoms with van der Waals surface area (Å²) in [5, 5.41) is 0. The Hall–Kier alpha value is 0.0600. The monoisotopic (exact) mass is 136 g/mol. The third-order valence-electron chi connectivity index (χ3n) is 0.415. The van der Waals surface area contributed by atoms with Crippen molar-refractivity contribution in [3.05, 3.63) is 22.7 Å². The summed E-state index contributed by atoms with van der Waals surface area (Å²) in [4.78, 5) is 0. The molecule has 0 saturated carbocycles. The van der Waals surface area contributed by atoms with Crippen LogP contribution in [0, 0.1) is 0 Å². The molecule has 0 rings (SSSR count). The molecule has 0 bridgehead atoms. The van der Waals surface area contributed by atoms with Crippen molar-refractivity contribution >= 4 is 23.2 Å². The van der Waals surface area contributed by atoms with Gasteiger partial charge in [0.1, 0.15) is 4.49 Å². The van der Waals surface area contributed by atoms with Crippen LogP contribution in [0.1, 0.15) is 6.92 Å². The number of hydrogen-bond acceptors (Lipinski definition) is 0. The highest BCUT2D eigenvalue weighted by atomic mass is 35.5. The molecule has 0 nitrogen and oxygen atoms in total. The Morgan fingerprint density at radius 2 is 2.00 bits per heavy atom. The van der Waals surface area contributed by atoms with Crippen LogP contribution >= 0.6 is 23.2 Å². The highest BCUT2D eigenvalue weighted by molar-refractivity contribution is 6.55. The summed E-state index contributed by atoms with van der Waals surface area (Å²) < 4.78 is 0.290. The van der Waals surface area contributed by atoms with E-state index in [4.69, 9.17) is 23.2 Å². The van der Waals surface area contributed by atoms with Gasteiger partial charge in [-0.1, -0.05) is 35.4 Å². The van der Waals surface area contributed by atoms with E-state index in [1.165, 1.54) is 0 Å². The molecule has 0 fully saturated rings. The van der Waals surface area contributed by atoms with Crippen LogP contribution in [0.5, 0.6) is 0 Å². The minimum absolute atomic E-state index is 0.290. The van der Waals surface area contributed by atoms with E-state index in [1.807, 2.05) is 13.0 Å². The van der Waals surface area contributed by atoms with Crippen molar-refractivity contribution < 1.29 is 0 Å². The van der Waals surface area contributed by atoms with Crippen LogP contribution in [0.4, 0.5) is 0 Å². The molecule has 0 radical (unpaired) electrons. The van der Waals surface area contributed by atoms with E-state index in [2.05, 4.69) is 0 Å². The Morgan fingerprint density at radius 3 is 2.14 bits per heavy atom. The zero-order valence-electron chi connectivity index (χ0n) is 3.99. The second-order valence-electron chi connectivity index (χ2n) is 0.982. The van der Waals surface area contributed by atoms with Gasteiger partial charge >= 0.3 is 0 Å². The van der Waals surface area contributed by atoms with Crippen molar-refractivity contribution in [3.63, 3.8) is 0 Å². The first-order chi connectivity index (χ1) is 3.27. The van der Waals surface area contributed by atoms with Crippen molar-refractivity contribution in [2.75, 3.05) is 0 Å². The van der Waals surface area contributed by atoms with Crippen LogP contribution < -0.4 is 0 Å². The van der Waals surface area contributed by atoms with Gasteiger partial charge in [0.2, 0.25) is 0 Å². The number of hydrogen-bond donors (Lipinski definition) is 0. The molecule has 0 atom stereocenters. The van der Waals surface area contributed by atoms with Crippen molar-refractivity contribution in [1.82, 2.24) is 0 Å². The zero-order valence-corrected chi connectivity index (χ0v) is 5.50. The molecular weight excluding hydrogens is 131 g/mol. The summed E-state index contributed by atoms with van der Waals surface area (Å²) in [6.07, 6.45) is 5.24. The number of allylic oxidation sites excluding steroid dienone is 3. The lowest BCUT2D eigenvalue weighted by Crippen LogP contribution is -1.46. The quantitative estimate of drug-likeness (QED) is 0.487. The minimum Gasteiger partial charge on any atom is -0.0876 e. The van der Waals surface area contributed by atoms with Crippen LogP contribution in [-0.4, -0.2) is 0 Å². The SMILES string of the molecule is CC=CC=C(Cl)Cl. The Morgan fingerprint density at radius 1 is 1.43 bits per heavy atom. The van der Waals surface area contributed by atoms with Crippen molar-refractivity contribution in [2.24, 2.45) is 0 Å². The van der Waals surface area contributed by atoms with Gasteiger partial charge in [-0.3, -0.25) is 0 Å². The summed E-state index contributed by atoms with van der Waals surface area (Å²) in [7, 11) is 0. The van der Waals surface area contributed by atoms with Crippen LogP contribution in [0.3, 0.4) is 0 Å². The highest BCUT2D eigenvalue weighted by Gasteiger charge is 1.72. The zero-order chi connectivity index (χ0) is 5.70. The van der Waals surface area contributed by atoms with Gasteiger partial charge in [0.05, 0.1) is 0 Å². The molecule has 0 aromatic heterocycles. The maximum absolute atomic E-state index is 5.23. The molecular formula is C5H6Cl2. The van der Waals surface area contributed by atoms with Gasteiger partial charge in [-0.05, 0) is 13.0 Å². The molecule has 0 aromatic carbocycles. The lowest BCUT2D eigenvalue weighted by atomic mass is 10.5. The van der Waals surface area contributed by atoms with Gasteiger partial charge in [0.15, 0.2) is 0 Å². The van der Waals surface area contributed by atoms with Gasteiger partial charge in [0, 0.05) is 0 Å². The maximum atomic E-state index is 5.23. The molecule has 0 aliphatic rings. The lowest BCUT2D eigenvalue weighted by molar-refractivity contribution is 1.74. The second-order valence-corrected chi connectivity index (χ2v) is 1.99. The van der Waals surface area contributed by atoms with Gasteiger partial charge in [0.25, 0.3) is 0 Å². The molecule has 7 heavy (non-hydrogen) atoms. The lowest BCUT2D eigenvalue weighted by Gasteiger charge is -1.71. The average molecular weight is 137 g/mol. The van der Waals surface area contributed by atoms with E-state index in [0.717, 1.165) is 0 Å². The molecule has 0 saturated heterocycles. The van der Waals surface area contributed by atoms with E-state index >= 15 is 0 Å². The highest BCUT2D eigenvalue weighted by Crippen LogP contribution is 2.04. The molecule has 0 aliphatic carbocycles. The van der Waals surface area contributed by atoms with Crippen LogP contribution in [0.25, 0.3) is 0 Å². The number of halogens is 2. The van der Waals surface area contributed by atoms with E-state index in [0.29, 0.717) is 0 Å². The van der Waals surface area contributed by atoms with Gasteiger partial charge < -0.3 is 0 Å². The summed E-state index contributed by atoms with van der Waals surface area (Å²) in [6, 6.07) is 0. The summed E-state index contributed by atoms with van der Waals surface area (Å²) >= 11 is 10.5. The molecule has 0 N–H and O–H groups in total. The van der Waals surface area contributed by atoms with Gasteiger partial charge in [-0.25, -0.2) is 0 Å². The molecule has 0 unspecified atom stereocenters. The molecule has 2 heteroatoms. The van der Waals surface area contributed by atoms with Crippen LogP contribution in [-0.2, 0) is 0 Å². The number of rotatable bonds is 1. The van der Waals surface area contributed by atoms with E-state index in [-0.39, 0.29) is 4.49 Å². The molecule has 40 valence electrons. The predicted molar refractivity (Wildman–Crippen MR) is 34.6 cm³/mol. The van der Waals surface area contributed by atoms with E-state index in [1.54, 1.807) is 12.2 Å². The molecule has 0 aliphatic heterocycles. The fourth-order valence-electron chi connectivity index (χ4n) is 0.169. The first kappa shape index (κ1) is 7.06. The fraction of sp³-hybridized carbons (Fsp3) is 0.200. The molecule has 0 amide bonds. The van der Waals surface area contributed by atoms with Crippen molar-refractivity contribution in [1.29, 1.82) is 0 Å². The third kappa shape index (κ3) is 6.06. The Balaban J connectivity index is 3.46. The van der Waals surface area contributed by atoms with Crippen molar-refractivity contribution in [3.8, 4) is 0 Å². The van der Waals surface area contributed by atoms with E-state index < -0.39 is 0 Å². The first-order valence-electron chi connectivity index (χ1n) is 1.91. The Kier molecular flexibility index (Phi) is 4.26. The van der Waals surface area contributed by atoms with Crippen LogP contribution in [0.2, 0.25) is 0 Å². The van der Waals surface area contributed by atoms with Gasteiger partial charge in [-0.2, -0.15) is 0 Å². The molecule has 0 spiro atoms. The molecule has 0 aromatic rings. The minimum atomic E-state index is 0.290. The van der Waals surface area contributed by atoms with Crippen molar-refractivity contribution in [2.45, 2.75) is 6.92 Å². The largest absolute Gasteiger partial charge is 0.106 e. The molecule has 0 heterocycles. The second kappa shape index (κ2) is 4.23. The predicted octanol–water partition coefficient (Wildman–Crippen LogP) is 2.88. The van der Waals surface area contributed by atoms with Crippen LogP contribution in [0.15, 0.2) is 22.7 Å². The topological polar surface area (TPSA) is 0 Å². The maximum Gasteiger partial charge on any atom is 0.106 e. The Labute approximate surface area is 53.4 Å². The normalized spacial score (nSPS) is 9.57. The summed E-state index contributed by atoms with van der Waals surface area (Å²) in [5.74, 6) is 0. The average Bonchev–Trinajstić information content (AvgIpc) is 1.61. The smallest absolute Gasteiger partial charge is 0.0876 e.